The predicted octanol–water partition coefficient (Wildman–Crippen LogP) is 1.46. The lowest BCUT2D eigenvalue weighted by atomic mass is 10.1. The number of aliphatic hydroxyl groups excluding tert-OH is 1. The molecule has 0 saturated heterocycles. The summed E-state index contributed by atoms with van der Waals surface area (Å²) in [6.07, 6.45) is 2.15. The quantitative estimate of drug-likeness (QED) is 0.687. The van der Waals surface area contributed by atoms with Crippen LogP contribution in [0.3, 0.4) is 0 Å². The zero-order valence-corrected chi connectivity index (χ0v) is 6.92. The van der Waals surface area contributed by atoms with Gasteiger partial charge in [0.1, 0.15) is 11.6 Å². The molecule has 0 amide bonds. The third-order valence-corrected chi connectivity index (χ3v) is 2.18. The van der Waals surface area contributed by atoms with E-state index >= 15 is 0 Å². The highest BCUT2D eigenvalue weighted by Gasteiger charge is 2.16. The van der Waals surface area contributed by atoms with E-state index in [0.717, 1.165) is 11.6 Å². The molecule has 0 radical (unpaired) electrons. The molecule has 0 aromatic heterocycles. The molecule has 0 spiro atoms. The molecule has 0 fully saturated rings. The van der Waals surface area contributed by atoms with Gasteiger partial charge in [-0.3, -0.25) is 0 Å². The molecule has 1 aliphatic carbocycles. The minimum absolute atomic E-state index is 0.0606. The van der Waals surface area contributed by atoms with Crippen molar-refractivity contribution in [3.63, 3.8) is 0 Å². The van der Waals surface area contributed by atoms with Gasteiger partial charge in [-0.15, -0.1) is 0 Å². The Kier molecular flexibility index (Phi) is 1.81. The molecule has 3 heteroatoms. The van der Waals surface area contributed by atoms with Crippen molar-refractivity contribution in [2.24, 2.45) is 0 Å². The fraction of sp³-hybridized carbons (Fsp3) is 0.200. The Morgan fingerprint density at radius 1 is 1.38 bits per heavy atom. The van der Waals surface area contributed by atoms with Gasteiger partial charge in [-0.2, -0.15) is 0 Å². The molecule has 1 aliphatic rings. The second-order valence-electron chi connectivity index (χ2n) is 3.13. The highest BCUT2D eigenvalue weighted by atomic mass is 19.1. The summed E-state index contributed by atoms with van der Waals surface area (Å²) in [7, 11) is 0. The maximum Gasteiger partial charge on any atom is 0.131 e. The molecular formula is C10H9FO2. The smallest absolute Gasteiger partial charge is 0.131 e. The van der Waals surface area contributed by atoms with Crippen molar-refractivity contribution in [2.45, 2.75) is 6.42 Å². The average Bonchev–Trinajstić information content (AvgIpc) is 2.47. The van der Waals surface area contributed by atoms with Crippen LogP contribution in [0, 0.1) is 5.82 Å². The number of halogens is 1. The van der Waals surface area contributed by atoms with Crippen LogP contribution in [0.4, 0.5) is 4.39 Å². The van der Waals surface area contributed by atoms with Gasteiger partial charge in [0.2, 0.25) is 0 Å². The SMILES string of the molecule is OCC1=Cc2cc(O)cc(F)c2C1. The molecule has 0 aliphatic heterocycles. The molecular weight excluding hydrogens is 171 g/mol. The second-order valence-corrected chi connectivity index (χ2v) is 3.13. The lowest BCUT2D eigenvalue weighted by Gasteiger charge is -2.01. The lowest BCUT2D eigenvalue weighted by molar-refractivity contribution is 0.330. The van der Waals surface area contributed by atoms with E-state index in [0.29, 0.717) is 17.5 Å². The van der Waals surface area contributed by atoms with Crippen LogP contribution in [0.15, 0.2) is 17.7 Å². The van der Waals surface area contributed by atoms with Crippen molar-refractivity contribution >= 4 is 6.08 Å². The van der Waals surface area contributed by atoms with E-state index in [1.807, 2.05) is 0 Å². The summed E-state index contributed by atoms with van der Waals surface area (Å²) < 4.78 is 13.2. The summed E-state index contributed by atoms with van der Waals surface area (Å²) >= 11 is 0. The summed E-state index contributed by atoms with van der Waals surface area (Å²) in [5, 5.41) is 17.9. The molecule has 68 valence electrons. The zero-order valence-electron chi connectivity index (χ0n) is 6.92. The van der Waals surface area contributed by atoms with Gasteiger partial charge in [0.25, 0.3) is 0 Å². The Labute approximate surface area is 74.9 Å². The molecule has 1 aromatic rings. The minimum Gasteiger partial charge on any atom is -0.508 e. The first kappa shape index (κ1) is 8.26. The number of aliphatic hydroxyl groups is 1. The monoisotopic (exact) mass is 180 g/mol. The van der Waals surface area contributed by atoms with E-state index in [2.05, 4.69) is 0 Å². The molecule has 0 unspecified atom stereocenters. The largest absolute Gasteiger partial charge is 0.508 e. The van der Waals surface area contributed by atoms with Gasteiger partial charge >= 0.3 is 0 Å². The number of phenolic OH excluding ortho intramolecular Hbond substituents is 1. The zero-order chi connectivity index (χ0) is 9.42. The first-order valence-corrected chi connectivity index (χ1v) is 4.02. The van der Waals surface area contributed by atoms with E-state index in [1.165, 1.54) is 6.07 Å². The topological polar surface area (TPSA) is 40.5 Å². The number of phenols is 1. The maximum absolute atomic E-state index is 13.2. The molecule has 2 rings (SSSR count). The van der Waals surface area contributed by atoms with Crippen LogP contribution in [0.2, 0.25) is 0 Å². The lowest BCUT2D eigenvalue weighted by Crippen LogP contribution is -1.92. The van der Waals surface area contributed by atoms with E-state index in [4.69, 9.17) is 10.2 Å². The van der Waals surface area contributed by atoms with Gasteiger partial charge in [-0.1, -0.05) is 6.08 Å². The molecule has 0 bridgehead atoms. The van der Waals surface area contributed by atoms with Crippen LogP contribution in [-0.2, 0) is 6.42 Å². The first-order valence-electron chi connectivity index (χ1n) is 4.02. The van der Waals surface area contributed by atoms with Crippen LogP contribution in [0.1, 0.15) is 11.1 Å². The van der Waals surface area contributed by atoms with Crippen LogP contribution in [-0.4, -0.2) is 16.8 Å². The van der Waals surface area contributed by atoms with Gasteiger partial charge in [0, 0.05) is 6.07 Å². The Hall–Kier alpha value is -1.35. The predicted molar refractivity (Wildman–Crippen MR) is 46.8 cm³/mol. The Bertz CT molecular complexity index is 383. The molecule has 1 aromatic carbocycles. The Morgan fingerprint density at radius 3 is 2.85 bits per heavy atom. The van der Waals surface area contributed by atoms with Crippen LogP contribution in [0.5, 0.6) is 5.75 Å². The summed E-state index contributed by atoms with van der Waals surface area (Å²) in [6.45, 7) is -0.0606. The fourth-order valence-electron chi connectivity index (χ4n) is 1.56. The molecule has 0 atom stereocenters. The number of aromatic hydroxyl groups is 1. The molecule has 2 N–H and O–H groups in total. The number of hydrogen-bond donors (Lipinski definition) is 2. The molecule has 2 nitrogen and oxygen atoms in total. The first-order chi connectivity index (χ1) is 6.20. The number of fused-ring (bicyclic) bond motifs is 1. The van der Waals surface area contributed by atoms with Crippen molar-refractivity contribution in [3.05, 3.63) is 34.6 Å². The van der Waals surface area contributed by atoms with E-state index in [1.54, 1.807) is 6.08 Å². The average molecular weight is 180 g/mol. The normalized spacial score (nSPS) is 14.2. The summed E-state index contributed by atoms with van der Waals surface area (Å²) in [4.78, 5) is 0. The van der Waals surface area contributed by atoms with E-state index in [9.17, 15) is 4.39 Å². The standard InChI is InChI=1S/C10H9FO2/c11-10-4-8(13)3-7-1-6(5-12)2-9(7)10/h1,3-4,12-13H,2,5H2. The van der Waals surface area contributed by atoms with Gasteiger partial charge in [0.15, 0.2) is 0 Å². The van der Waals surface area contributed by atoms with Crippen LogP contribution >= 0.6 is 0 Å². The van der Waals surface area contributed by atoms with E-state index < -0.39 is 5.82 Å². The number of benzene rings is 1. The highest BCUT2D eigenvalue weighted by molar-refractivity contribution is 5.65. The summed E-state index contributed by atoms with van der Waals surface area (Å²) in [6, 6.07) is 2.59. The maximum atomic E-state index is 13.2. The Balaban J connectivity index is 2.50. The van der Waals surface area contributed by atoms with E-state index in [-0.39, 0.29) is 12.4 Å². The van der Waals surface area contributed by atoms with Gasteiger partial charge in [-0.25, -0.2) is 4.39 Å². The second kappa shape index (κ2) is 2.85. The van der Waals surface area contributed by atoms with Gasteiger partial charge in [-0.05, 0) is 29.2 Å². The Morgan fingerprint density at radius 2 is 2.15 bits per heavy atom. The van der Waals surface area contributed by atoms with Crippen molar-refractivity contribution in [2.75, 3.05) is 6.61 Å². The van der Waals surface area contributed by atoms with Gasteiger partial charge in [0.05, 0.1) is 6.61 Å². The number of hydrogen-bond acceptors (Lipinski definition) is 2. The minimum atomic E-state index is -0.408. The van der Waals surface area contributed by atoms with Crippen molar-refractivity contribution in [3.8, 4) is 5.75 Å². The van der Waals surface area contributed by atoms with Crippen molar-refractivity contribution in [1.29, 1.82) is 0 Å². The summed E-state index contributed by atoms with van der Waals surface area (Å²) in [5.74, 6) is -0.485. The number of rotatable bonds is 1. The third kappa shape index (κ3) is 1.31. The molecule has 0 heterocycles. The van der Waals surface area contributed by atoms with Crippen LogP contribution in [0.25, 0.3) is 6.08 Å². The van der Waals surface area contributed by atoms with Crippen molar-refractivity contribution < 1.29 is 14.6 Å². The fourth-order valence-corrected chi connectivity index (χ4v) is 1.56. The molecule has 13 heavy (non-hydrogen) atoms. The van der Waals surface area contributed by atoms with Crippen LogP contribution < -0.4 is 0 Å². The third-order valence-electron chi connectivity index (χ3n) is 2.18. The van der Waals surface area contributed by atoms with Crippen molar-refractivity contribution in [1.82, 2.24) is 0 Å². The van der Waals surface area contributed by atoms with Gasteiger partial charge < -0.3 is 10.2 Å². The summed E-state index contributed by atoms with van der Waals surface area (Å²) in [5.41, 5.74) is 2.00. The molecule has 0 saturated carbocycles. The highest BCUT2D eigenvalue weighted by Crippen LogP contribution is 2.30.